The molecule has 2 heterocycles. The SMILES string of the molecule is Nc1ccc2c(ccn2Cc2noc(-c3cc(F)c(F)c(Cl)c3)n2)c1C(F)(F)F. The maximum Gasteiger partial charge on any atom is 0.419 e. The zero-order valence-corrected chi connectivity index (χ0v) is 15.0. The van der Waals surface area contributed by atoms with E-state index in [2.05, 4.69) is 10.1 Å². The first-order valence-corrected chi connectivity index (χ1v) is 8.45. The molecule has 0 bridgehead atoms. The van der Waals surface area contributed by atoms with E-state index in [1.807, 2.05) is 0 Å². The summed E-state index contributed by atoms with van der Waals surface area (Å²) >= 11 is 5.61. The highest BCUT2D eigenvalue weighted by atomic mass is 35.5. The molecule has 5 nitrogen and oxygen atoms in total. The fraction of sp³-hybridized carbons (Fsp3) is 0.111. The highest BCUT2D eigenvalue weighted by molar-refractivity contribution is 6.31. The predicted molar refractivity (Wildman–Crippen MR) is 95.1 cm³/mol. The molecule has 0 aliphatic carbocycles. The zero-order chi connectivity index (χ0) is 20.9. The Labute approximate surface area is 164 Å². The maximum atomic E-state index is 13.5. The standard InChI is InChI=1S/C18H10ClF5N4O/c19-10-5-8(6-11(20)16(10)21)17-26-14(27-29-17)7-28-4-3-9-13(28)2-1-12(25)15(9)18(22,23)24/h1-6H,7,25H2. The molecule has 150 valence electrons. The van der Waals surface area contributed by atoms with E-state index >= 15 is 0 Å². The van der Waals surface area contributed by atoms with Gasteiger partial charge in [0.15, 0.2) is 17.5 Å². The minimum atomic E-state index is -4.61. The summed E-state index contributed by atoms with van der Waals surface area (Å²) in [5.74, 6) is -2.38. The Morgan fingerprint density at radius 1 is 1.14 bits per heavy atom. The van der Waals surface area contributed by atoms with E-state index in [4.69, 9.17) is 21.9 Å². The normalized spacial score (nSPS) is 12.1. The predicted octanol–water partition coefficient (Wildman–Crippen LogP) is 5.27. The van der Waals surface area contributed by atoms with Gasteiger partial charge in [0.1, 0.15) is 0 Å². The smallest absolute Gasteiger partial charge is 0.398 e. The van der Waals surface area contributed by atoms with Gasteiger partial charge in [-0.2, -0.15) is 18.2 Å². The number of benzene rings is 2. The van der Waals surface area contributed by atoms with E-state index in [1.165, 1.54) is 29.0 Å². The third-order valence-corrected chi connectivity index (χ3v) is 4.55. The highest BCUT2D eigenvalue weighted by Gasteiger charge is 2.35. The van der Waals surface area contributed by atoms with Crippen LogP contribution in [0.4, 0.5) is 27.6 Å². The molecule has 0 fully saturated rings. The van der Waals surface area contributed by atoms with Crippen molar-refractivity contribution in [2.45, 2.75) is 12.7 Å². The number of fused-ring (bicyclic) bond motifs is 1. The largest absolute Gasteiger partial charge is 0.419 e. The Balaban J connectivity index is 1.69. The van der Waals surface area contributed by atoms with Crippen molar-refractivity contribution in [1.29, 1.82) is 0 Å². The Bertz CT molecular complexity index is 1210. The molecular weight excluding hydrogens is 419 g/mol. The van der Waals surface area contributed by atoms with Crippen LogP contribution in [0.25, 0.3) is 22.4 Å². The summed E-state index contributed by atoms with van der Waals surface area (Å²) in [7, 11) is 0. The molecule has 11 heteroatoms. The van der Waals surface area contributed by atoms with Crippen molar-refractivity contribution in [3.8, 4) is 11.5 Å². The lowest BCUT2D eigenvalue weighted by atomic mass is 10.1. The van der Waals surface area contributed by atoms with E-state index in [1.54, 1.807) is 0 Å². The molecular formula is C18H10ClF5N4O. The van der Waals surface area contributed by atoms with Gasteiger partial charge < -0.3 is 14.8 Å². The molecule has 0 atom stereocenters. The average Bonchev–Trinajstić information content (AvgIpc) is 3.26. The second-order valence-corrected chi connectivity index (χ2v) is 6.58. The van der Waals surface area contributed by atoms with Crippen molar-refractivity contribution in [2.24, 2.45) is 0 Å². The number of hydrogen-bond donors (Lipinski definition) is 1. The quantitative estimate of drug-likeness (QED) is 0.274. The second-order valence-electron chi connectivity index (χ2n) is 6.17. The first-order valence-electron chi connectivity index (χ1n) is 8.07. The number of alkyl halides is 3. The van der Waals surface area contributed by atoms with Crippen LogP contribution < -0.4 is 5.73 Å². The molecule has 0 aliphatic heterocycles. The molecule has 0 aliphatic rings. The number of aromatic nitrogens is 3. The number of nitrogen functional groups attached to an aromatic ring is 1. The third kappa shape index (κ3) is 3.39. The molecule has 0 amide bonds. The third-order valence-electron chi connectivity index (χ3n) is 4.28. The maximum absolute atomic E-state index is 13.5. The van der Waals surface area contributed by atoms with Gasteiger partial charge in [0, 0.05) is 28.4 Å². The number of anilines is 1. The first kappa shape index (κ1) is 19.2. The molecule has 0 saturated carbocycles. The van der Waals surface area contributed by atoms with E-state index in [9.17, 15) is 22.0 Å². The number of halogens is 6. The Kier molecular flexibility index (Phi) is 4.45. The number of nitrogens with two attached hydrogens (primary N) is 1. The summed E-state index contributed by atoms with van der Waals surface area (Å²) in [6, 6.07) is 5.90. The van der Waals surface area contributed by atoms with Crippen molar-refractivity contribution in [1.82, 2.24) is 14.7 Å². The van der Waals surface area contributed by atoms with Crippen LogP contribution in [-0.4, -0.2) is 14.7 Å². The molecule has 0 spiro atoms. The van der Waals surface area contributed by atoms with Crippen molar-refractivity contribution >= 4 is 28.2 Å². The average molecular weight is 429 g/mol. The summed E-state index contributed by atoms with van der Waals surface area (Å²) in [5, 5.41) is 3.22. The van der Waals surface area contributed by atoms with Gasteiger partial charge in [-0.15, -0.1) is 0 Å². The van der Waals surface area contributed by atoms with Crippen LogP contribution in [0.15, 0.2) is 41.1 Å². The van der Waals surface area contributed by atoms with Crippen LogP contribution in [0.1, 0.15) is 11.4 Å². The Morgan fingerprint density at radius 3 is 2.59 bits per heavy atom. The minimum absolute atomic E-state index is 0.0222. The lowest BCUT2D eigenvalue weighted by Crippen LogP contribution is -2.09. The topological polar surface area (TPSA) is 69.9 Å². The summed E-state index contributed by atoms with van der Waals surface area (Å²) in [6.07, 6.45) is -3.18. The Hall–Kier alpha value is -3.14. The van der Waals surface area contributed by atoms with Crippen LogP contribution in [0.5, 0.6) is 0 Å². The molecule has 0 saturated heterocycles. The monoisotopic (exact) mass is 428 g/mol. The van der Waals surface area contributed by atoms with E-state index < -0.39 is 28.4 Å². The minimum Gasteiger partial charge on any atom is -0.398 e. The van der Waals surface area contributed by atoms with Crippen LogP contribution >= 0.6 is 11.6 Å². The molecule has 0 radical (unpaired) electrons. The Morgan fingerprint density at radius 2 is 1.90 bits per heavy atom. The zero-order valence-electron chi connectivity index (χ0n) is 14.3. The van der Waals surface area contributed by atoms with Gasteiger partial charge in [-0.05, 0) is 30.3 Å². The van der Waals surface area contributed by atoms with Gasteiger partial charge in [0.2, 0.25) is 0 Å². The molecule has 2 aromatic carbocycles. The van der Waals surface area contributed by atoms with Gasteiger partial charge in [-0.1, -0.05) is 16.8 Å². The summed E-state index contributed by atoms with van der Waals surface area (Å²) in [6.45, 7) is -0.0222. The number of rotatable bonds is 3. The number of nitrogens with zero attached hydrogens (tertiary/aromatic N) is 3. The summed E-state index contributed by atoms with van der Waals surface area (Å²) < 4.78 is 73.3. The fourth-order valence-corrected chi connectivity index (χ4v) is 3.22. The van der Waals surface area contributed by atoms with E-state index in [-0.39, 0.29) is 40.4 Å². The van der Waals surface area contributed by atoms with Crippen LogP contribution in [0, 0.1) is 11.6 Å². The van der Waals surface area contributed by atoms with E-state index in [0.29, 0.717) is 0 Å². The molecule has 2 aromatic heterocycles. The lowest BCUT2D eigenvalue weighted by molar-refractivity contribution is -0.135. The molecule has 4 aromatic rings. The van der Waals surface area contributed by atoms with Crippen molar-refractivity contribution < 1.29 is 26.5 Å². The van der Waals surface area contributed by atoms with Gasteiger partial charge in [0.25, 0.3) is 5.89 Å². The van der Waals surface area contributed by atoms with Crippen LogP contribution in [0.2, 0.25) is 5.02 Å². The van der Waals surface area contributed by atoms with Gasteiger partial charge in [-0.25, -0.2) is 8.78 Å². The van der Waals surface area contributed by atoms with Gasteiger partial charge in [-0.3, -0.25) is 0 Å². The van der Waals surface area contributed by atoms with Gasteiger partial charge in [0.05, 0.1) is 17.1 Å². The van der Waals surface area contributed by atoms with Gasteiger partial charge >= 0.3 is 6.18 Å². The van der Waals surface area contributed by atoms with Crippen LogP contribution in [0.3, 0.4) is 0 Å². The van der Waals surface area contributed by atoms with Crippen molar-refractivity contribution in [3.63, 3.8) is 0 Å². The lowest BCUT2D eigenvalue weighted by Gasteiger charge is -2.12. The summed E-state index contributed by atoms with van der Waals surface area (Å²) in [5.41, 5.74) is 4.55. The van der Waals surface area contributed by atoms with Crippen molar-refractivity contribution in [3.05, 3.63) is 64.6 Å². The highest BCUT2D eigenvalue weighted by Crippen LogP contribution is 2.39. The molecule has 29 heavy (non-hydrogen) atoms. The first-order chi connectivity index (χ1) is 13.6. The fourth-order valence-electron chi connectivity index (χ4n) is 3.01. The van der Waals surface area contributed by atoms with E-state index in [0.717, 1.165) is 12.1 Å². The molecule has 0 unspecified atom stereocenters. The summed E-state index contributed by atoms with van der Waals surface area (Å²) in [4.78, 5) is 4.07. The molecule has 4 rings (SSSR count). The van der Waals surface area contributed by atoms with Crippen LogP contribution in [-0.2, 0) is 12.7 Å². The molecule has 2 N–H and O–H groups in total. The van der Waals surface area contributed by atoms with Crippen molar-refractivity contribution in [2.75, 3.05) is 5.73 Å². The second kappa shape index (κ2) is 6.73. The number of hydrogen-bond acceptors (Lipinski definition) is 4.